The first kappa shape index (κ1) is 23.0. The van der Waals surface area contributed by atoms with E-state index in [0.717, 1.165) is 5.56 Å². The second kappa shape index (κ2) is 11.6. The Labute approximate surface area is 190 Å². The first-order valence-electron chi connectivity index (χ1n) is 9.60. The normalized spacial score (nSPS) is 11.5. The number of carbonyl (C=O) groups excluding carboxylic acids is 1. The number of hydrogen-bond acceptors (Lipinski definition) is 8. The molecule has 3 rings (SSSR count). The summed E-state index contributed by atoms with van der Waals surface area (Å²) in [5.74, 6) is 1.69. The predicted octanol–water partition coefficient (Wildman–Crippen LogP) is 4.24. The quantitative estimate of drug-likeness (QED) is 0.223. The van der Waals surface area contributed by atoms with Crippen molar-refractivity contribution in [2.24, 2.45) is 15.9 Å². The summed E-state index contributed by atoms with van der Waals surface area (Å²) in [6, 6.07) is 18.5. The Morgan fingerprint density at radius 1 is 1.09 bits per heavy atom. The van der Waals surface area contributed by atoms with E-state index in [1.807, 2.05) is 42.5 Å². The third-order valence-electron chi connectivity index (χ3n) is 4.22. The van der Waals surface area contributed by atoms with Gasteiger partial charge in [-0.1, -0.05) is 48.2 Å². The maximum Gasteiger partial charge on any atom is 0.373 e. The van der Waals surface area contributed by atoms with Crippen molar-refractivity contribution in [2.75, 3.05) is 14.2 Å². The predicted molar refractivity (Wildman–Crippen MR) is 124 cm³/mol. The van der Waals surface area contributed by atoms with Crippen LogP contribution in [0.2, 0.25) is 0 Å². The largest absolute Gasteiger partial charge is 0.493 e. The smallest absolute Gasteiger partial charge is 0.373 e. The second-order valence-corrected chi connectivity index (χ2v) is 7.38. The lowest BCUT2D eigenvalue weighted by atomic mass is 10.2. The number of hydrogen-bond donors (Lipinski definition) is 1. The lowest BCUT2D eigenvalue weighted by Gasteiger charge is -2.12. The summed E-state index contributed by atoms with van der Waals surface area (Å²) in [6.45, 7) is 0.0799. The van der Waals surface area contributed by atoms with Crippen LogP contribution in [0.4, 0.5) is 0 Å². The number of rotatable bonds is 9. The monoisotopic (exact) mass is 453 g/mol. The summed E-state index contributed by atoms with van der Waals surface area (Å²) in [5, 5.41) is 8.47. The van der Waals surface area contributed by atoms with Gasteiger partial charge < -0.3 is 24.4 Å². The molecule has 0 aliphatic carbocycles. The van der Waals surface area contributed by atoms with Crippen molar-refractivity contribution in [1.29, 1.82) is 0 Å². The topological polar surface area (TPSA) is 109 Å². The number of methoxy groups -OCH3 is 2. The van der Waals surface area contributed by atoms with E-state index in [1.54, 1.807) is 19.2 Å². The van der Waals surface area contributed by atoms with Gasteiger partial charge in [0.2, 0.25) is 5.76 Å². The fourth-order valence-corrected chi connectivity index (χ4v) is 3.28. The van der Waals surface area contributed by atoms with Crippen LogP contribution in [0.25, 0.3) is 0 Å². The van der Waals surface area contributed by atoms with Gasteiger partial charge in [-0.05, 0) is 29.8 Å². The number of nitrogens with two attached hydrogens (primary N) is 1. The van der Waals surface area contributed by atoms with Crippen LogP contribution in [0.3, 0.4) is 0 Å². The second-order valence-electron chi connectivity index (χ2n) is 6.38. The summed E-state index contributed by atoms with van der Waals surface area (Å²) in [7, 11) is 2.83. The molecule has 0 saturated carbocycles. The minimum absolute atomic E-state index is 0.0799. The Balaban J connectivity index is 1.67. The van der Waals surface area contributed by atoms with Crippen LogP contribution in [0, 0.1) is 0 Å². The molecular formula is C23H23N3O5S. The molecule has 0 fully saturated rings. The van der Waals surface area contributed by atoms with Gasteiger partial charge in [-0.15, -0.1) is 5.10 Å². The van der Waals surface area contributed by atoms with Crippen molar-refractivity contribution < 1.29 is 23.4 Å². The molecule has 2 aromatic carbocycles. The number of ether oxygens (including phenoxy) is 3. The van der Waals surface area contributed by atoms with Crippen LogP contribution >= 0.6 is 11.8 Å². The van der Waals surface area contributed by atoms with Gasteiger partial charge in [0, 0.05) is 11.3 Å². The standard InChI is InChI=1S/C23H23N3O5S/c1-28-19-10-6-9-17(13-25-26-23(24)32-15-16-7-4-3-5-8-16)21(19)30-14-18-11-12-20(31-18)22(27)29-2/h3-13H,14-15H2,1-2H3,(H2,24,26). The van der Waals surface area contributed by atoms with Crippen molar-refractivity contribution in [2.45, 2.75) is 12.4 Å². The molecule has 0 aliphatic heterocycles. The number of para-hydroxylation sites is 1. The fraction of sp³-hybridized carbons (Fsp3) is 0.174. The molecule has 0 bridgehead atoms. The van der Waals surface area contributed by atoms with Gasteiger partial charge in [0.25, 0.3) is 0 Å². The number of thioether (sulfide) groups is 1. The molecule has 1 aromatic heterocycles. The number of benzene rings is 2. The Bertz CT molecular complexity index is 1100. The van der Waals surface area contributed by atoms with Gasteiger partial charge in [-0.3, -0.25) is 0 Å². The van der Waals surface area contributed by atoms with Crippen LogP contribution in [0.5, 0.6) is 11.5 Å². The van der Waals surface area contributed by atoms with Crippen molar-refractivity contribution in [1.82, 2.24) is 0 Å². The van der Waals surface area contributed by atoms with Crippen LogP contribution in [0.15, 0.2) is 75.3 Å². The van der Waals surface area contributed by atoms with Gasteiger partial charge in [0.15, 0.2) is 16.7 Å². The highest BCUT2D eigenvalue weighted by molar-refractivity contribution is 8.13. The van der Waals surface area contributed by atoms with E-state index in [2.05, 4.69) is 14.9 Å². The molecule has 0 atom stereocenters. The van der Waals surface area contributed by atoms with E-state index in [0.29, 0.717) is 33.7 Å². The van der Waals surface area contributed by atoms with Gasteiger partial charge in [-0.2, -0.15) is 5.10 Å². The van der Waals surface area contributed by atoms with Gasteiger partial charge in [0.1, 0.15) is 12.4 Å². The average Bonchev–Trinajstić information content (AvgIpc) is 3.31. The third kappa shape index (κ3) is 6.39. The zero-order chi connectivity index (χ0) is 22.8. The van der Waals surface area contributed by atoms with Crippen LogP contribution in [-0.4, -0.2) is 31.6 Å². The van der Waals surface area contributed by atoms with E-state index in [9.17, 15) is 4.79 Å². The van der Waals surface area contributed by atoms with E-state index < -0.39 is 5.97 Å². The Morgan fingerprint density at radius 2 is 1.91 bits per heavy atom. The first-order valence-corrected chi connectivity index (χ1v) is 10.6. The summed E-state index contributed by atoms with van der Waals surface area (Å²) >= 11 is 1.40. The summed E-state index contributed by atoms with van der Waals surface area (Å²) in [4.78, 5) is 11.5. The zero-order valence-electron chi connectivity index (χ0n) is 17.7. The van der Waals surface area contributed by atoms with Crippen molar-refractivity contribution >= 4 is 29.1 Å². The fourth-order valence-electron chi connectivity index (χ4n) is 2.67. The van der Waals surface area contributed by atoms with Crippen molar-refractivity contribution in [3.8, 4) is 11.5 Å². The summed E-state index contributed by atoms with van der Waals surface area (Å²) in [5.41, 5.74) is 7.74. The molecule has 1 heterocycles. The number of amidine groups is 1. The SMILES string of the molecule is COC(=O)c1ccc(COc2c(C=NN=C(N)SCc3ccccc3)cccc2OC)o1. The molecule has 0 spiro atoms. The van der Waals surface area contributed by atoms with Crippen LogP contribution in [0.1, 0.15) is 27.4 Å². The molecule has 2 N–H and O–H groups in total. The molecule has 166 valence electrons. The van der Waals surface area contributed by atoms with E-state index in [-0.39, 0.29) is 12.4 Å². The first-order chi connectivity index (χ1) is 15.6. The lowest BCUT2D eigenvalue weighted by Crippen LogP contribution is -2.06. The maximum atomic E-state index is 11.5. The molecule has 0 aliphatic rings. The highest BCUT2D eigenvalue weighted by Gasteiger charge is 2.14. The van der Waals surface area contributed by atoms with E-state index >= 15 is 0 Å². The minimum atomic E-state index is -0.554. The molecule has 0 saturated heterocycles. The minimum Gasteiger partial charge on any atom is -0.493 e. The average molecular weight is 454 g/mol. The van der Waals surface area contributed by atoms with Gasteiger partial charge >= 0.3 is 5.97 Å². The molecule has 0 unspecified atom stereocenters. The number of furan rings is 1. The highest BCUT2D eigenvalue weighted by Crippen LogP contribution is 2.31. The van der Waals surface area contributed by atoms with Crippen molar-refractivity contribution in [3.63, 3.8) is 0 Å². The maximum absolute atomic E-state index is 11.5. The van der Waals surface area contributed by atoms with E-state index in [4.69, 9.17) is 19.6 Å². The van der Waals surface area contributed by atoms with Crippen LogP contribution in [-0.2, 0) is 17.1 Å². The molecule has 8 nitrogen and oxygen atoms in total. The van der Waals surface area contributed by atoms with Crippen LogP contribution < -0.4 is 15.2 Å². The number of carbonyl (C=O) groups is 1. The Kier molecular flexibility index (Phi) is 8.33. The number of esters is 1. The van der Waals surface area contributed by atoms with Gasteiger partial charge in [-0.25, -0.2) is 4.79 Å². The molecular weight excluding hydrogens is 430 g/mol. The summed E-state index contributed by atoms with van der Waals surface area (Å²) < 4.78 is 21.4. The number of nitrogens with zero attached hydrogens (tertiary/aromatic N) is 2. The lowest BCUT2D eigenvalue weighted by molar-refractivity contribution is 0.0561. The summed E-state index contributed by atoms with van der Waals surface area (Å²) in [6.07, 6.45) is 1.54. The third-order valence-corrected chi connectivity index (χ3v) is 5.07. The highest BCUT2D eigenvalue weighted by atomic mass is 32.2. The Hall–Kier alpha value is -3.72. The van der Waals surface area contributed by atoms with Crippen molar-refractivity contribution in [3.05, 3.63) is 83.3 Å². The van der Waals surface area contributed by atoms with Gasteiger partial charge in [0.05, 0.1) is 20.4 Å². The molecule has 0 radical (unpaired) electrons. The Morgan fingerprint density at radius 3 is 2.66 bits per heavy atom. The van der Waals surface area contributed by atoms with E-state index in [1.165, 1.54) is 31.2 Å². The molecule has 9 heteroatoms. The zero-order valence-corrected chi connectivity index (χ0v) is 18.5. The molecule has 3 aromatic rings. The molecule has 32 heavy (non-hydrogen) atoms. The molecule has 0 amide bonds.